The normalized spacial score (nSPS) is 12.1. The lowest BCUT2D eigenvalue weighted by molar-refractivity contribution is 0.103. The number of halogens is 1. The van der Waals surface area contributed by atoms with Crippen LogP contribution in [0.25, 0.3) is 0 Å². The summed E-state index contributed by atoms with van der Waals surface area (Å²) in [5.41, 5.74) is 2.05. The van der Waals surface area contributed by atoms with Crippen LogP contribution in [0.4, 0.5) is 4.39 Å². The predicted molar refractivity (Wildman–Crippen MR) is 83.0 cm³/mol. The molecular formula is C17H14FN3O2. The van der Waals surface area contributed by atoms with E-state index in [2.05, 4.69) is 15.2 Å². The standard InChI is InChI=1S/C17H14FN3O2/c1-10(14-8-9-16(22)21-20-14)13-6-7-15(19-13)17(23)11-2-4-12(18)5-3-11/h2-10,19H,1H3,(H,21,22). The number of hydrogen-bond acceptors (Lipinski definition) is 3. The van der Waals surface area contributed by atoms with Crippen molar-refractivity contribution in [1.82, 2.24) is 15.2 Å². The number of aromatic nitrogens is 3. The lowest BCUT2D eigenvalue weighted by atomic mass is 10.0. The molecule has 2 N–H and O–H groups in total. The highest BCUT2D eigenvalue weighted by atomic mass is 19.1. The predicted octanol–water partition coefficient (Wildman–Crippen LogP) is 2.62. The van der Waals surface area contributed by atoms with Gasteiger partial charge in [-0.2, -0.15) is 5.10 Å². The highest BCUT2D eigenvalue weighted by Gasteiger charge is 2.16. The molecule has 0 radical (unpaired) electrons. The van der Waals surface area contributed by atoms with Crippen molar-refractivity contribution >= 4 is 5.78 Å². The summed E-state index contributed by atoms with van der Waals surface area (Å²) in [5.74, 6) is -0.703. The van der Waals surface area contributed by atoms with Gasteiger partial charge in [-0.25, -0.2) is 9.49 Å². The van der Waals surface area contributed by atoms with Gasteiger partial charge in [0, 0.05) is 23.2 Å². The Morgan fingerprint density at radius 1 is 1.09 bits per heavy atom. The Balaban J connectivity index is 1.85. The Morgan fingerprint density at radius 3 is 2.48 bits per heavy atom. The molecule has 0 aliphatic rings. The summed E-state index contributed by atoms with van der Waals surface area (Å²) in [5, 5.41) is 6.38. The molecule has 116 valence electrons. The molecule has 0 bridgehead atoms. The summed E-state index contributed by atoms with van der Waals surface area (Å²) in [6.45, 7) is 1.92. The maximum Gasteiger partial charge on any atom is 0.264 e. The first-order valence-electron chi connectivity index (χ1n) is 7.09. The second-order valence-corrected chi connectivity index (χ2v) is 5.23. The molecular weight excluding hydrogens is 297 g/mol. The zero-order valence-electron chi connectivity index (χ0n) is 12.3. The molecule has 5 nitrogen and oxygen atoms in total. The molecule has 1 atom stereocenters. The molecule has 0 aliphatic heterocycles. The van der Waals surface area contributed by atoms with E-state index in [1.807, 2.05) is 6.92 Å². The number of benzene rings is 1. The molecule has 0 saturated heterocycles. The minimum Gasteiger partial charge on any atom is -0.355 e. The highest BCUT2D eigenvalue weighted by molar-refractivity contribution is 6.07. The van der Waals surface area contributed by atoms with E-state index in [0.717, 1.165) is 5.69 Å². The zero-order chi connectivity index (χ0) is 16.4. The van der Waals surface area contributed by atoms with E-state index >= 15 is 0 Å². The van der Waals surface area contributed by atoms with Crippen LogP contribution in [0.2, 0.25) is 0 Å². The van der Waals surface area contributed by atoms with Gasteiger partial charge in [0.2, 0.25) is 5.78 Å². The number of hydrogen-bond donors (Lipinski definition) is 2. The maximum atomic E-state index is 12.9. The third kappa shape index (κ3) is 3.11. The van der Waals surface area contributed by atoms with Gasteiger partial charge < -0.3 is 4.98 Å². The average Bonchev–Trinajstić information content (AvgIpc) is 3.05. The van der Waals surface area contributed by atoms with Crippen molar-refractivity contribution in [2.75, 3.05) is 0 Å². The van der Waals surface area contributed by atoms with E-state index in [4.69, 9.17) is 0 Å². The molecule has 0 fully saturated rings. The summed E-state index contributed by atoms with van der Waals surface area (Å²) >= 11 is 0. The number of nitrogens with zero attached hydrogens (tertiary/aromatic N) is 1. The third-order valence-electron chi connectivity index (χ3n) is 3.67. The van der Waals surface area contributed by atoms with Crippen LogP contribution < -0.4 is 5.56 Å². The first-order chi connectivity index (χ1) is 11.0. The van der Waals surface area contributed by atoms with Crippen LogP contribution in [0.5, 0.6) is 0 Å². The summed E-state index contributed by atoms with van der Waals surface area (Å²) in [6.07, 6.45) is 0. The van der Waals surface area contributed by atoms with Gasteiger partial charge in [-0.3, -0.25) is 9.59 Å². The third-order valence-corrected chi connectivity index (χ3v) is 3.67. The monoisotopic (exact) mass is 311 g/mol. The highest BCUT2D eigenvalue weighted by Crippen LogP contribution is 2.21. The van der Waals surface area contributed by atoms with E-state index in [1.165, 1.54) is 30.3 Å². The van der Waals surface area contributed by atoms with Crippen LogP contribution >= 0.6 is 0 Å². The number of H-pyrrole nitrogens is 2. The summed E-state index contributed by atoms with van der Waals surface area (Å²) in [7, 11) is 0. The van der Waals surface area contributed by atoms with Crippen molar-refractivity contribution in [1.29, 1.82) is 0 Å². The minimum absolute atomic E-state index is 0.110. The summed E-state index contributed by atoms with van der Waals surface area (Å²) in [6, 6.07) is 11.9. The number of carbonyl (C=O) groups excluding carboxylic acids is 1. The molecule has 2 aromatic heterocycles. The lowest BCUT2D eigenvalue weighted by Crippen LogP contribution is -2.10. The summed E-state index contributed by atoms with van der Waals surface area (Å²) in [4.78, 5) is 26.5. The van der Waals surface area contributed by atoms with Crippen LogP contribution in [0.15, 0.2) is 53.3 Å². The van der Waals surface area contributed by atoms with Crippen molar-refractivity contribution < 1.29 is 9.18 Å². The zero-order valence-corrected chi connectivity index (χ0v) is 12.3. The van der Waals surface area contributed by atoms with Gasteiger partial charge in [0.05, 0.1) is 11.4 Å². The second-order valence-electron chi connectivity index (χ2n) is 5.23. The minimum atomic E-state index is -0.383. The Hall–Kier alpha value is -3.02. The number of ketones is 1. The average molecular weight is 311 g/mol. The quantitative estimate of drug-likeness (QED) is 0.727. The van der Waals surface area contributed by atoms with Gasteiger partial charge >= 0.3 is 0 Å². The Kier molecular flexibility index (Phi) is 3.89. The molecule has 1 aromatic carbocycles. The van der Waals surface area contributed by atoms with Gasteiger partial charge in [0.25, 0.3) is 5.56 Å². The number of nitrogens with one attached hydrogen (secondary N) is 2. The summed E-state index contributed by atoms with van der Waals surface area (Å²) < 4.78 is 12.9. The van der Waals surface area contributed by atoms with Crippen LogP contribution in [0.3, 0.4) is 0 Å². The topological polar surface area (TPSA) is 78.6 Å². The molecule has 2 heterocycles. The van der Waals surface area contributed by atoms with Crippen LogP contribution in [0, 0.1) is 5.82 Å². The van der Waals surface area contributed by atoms with Gasteiger partial charge in [-0.15, -0.1) is 0 Å². The van der Waals surface area contributed by atoms with E-state index in [9.17, 15) is 14.0 Å². The molecule has 0 spiro atoms. The van der Waals surface area contributed by atoms with Crippen LogP contribution in [-0.4, -0.2) is 21.0 Å². The van der Waals surface area contributed by atoms with Crippen molar-refractivity contribution in [3.63, 3.8) is 0 Å². The molecule has 0 aliphatic carbocycles. The fourth-order valence-electron chi connectivity index (χ4n) is 2.31. The Bertz CT molecular complexity index is 876. The van der Waals surface area contributed by atoms with E-state index < -0.39 is 0 Å². The van der Waals surface area contributed by atoms with Crippen molar-refractivity contribution in [3.8, 4) is 0 Å². The van der Waals surface area contributed by atoms with E-state index in [-0.39, 0.29) is 23.1 Å². The molecule has 6 heteroatoms. The van der Waals surface area contributed by atoms with Gasteiger partial charge in [0.1, 0.15) is 5.82 Å². The second kappa shape index (κ2) is 6.00. The number of carbonyl (C=O) groups is 1. The SMILES string of the molecule is CC(c1ccc(=O)[nH]n1)c1ccc(C(=O)c2ccc(F)cc2)[nH]1. The molecule has 1 unspecified atom stereocenters. The molecule has 0 amide bonds. The molecule has 3 rings (SSSR count). The van der Waals surface area contributed by atoms with E-state index in [1.54, 1.807) is 18.2 Å². The smallest absolute Gasteiger partial charge is 0.264 e. The van der Waals surface area contributed by atoms with Crippen molar-refractivity contribution in [3.05, 3.63) is 87.3 Å². The number of aromatic amines is 2. The lowest BCUT2D eigenvalue weighted by Gasteiger charge is -2.08. The van der Waals surface area contributed by atoms with E-state index in [0.29, 0.717) is 17.0 Å². The van der Waals surface area contributed by atoms with Crippen molar-refractivity contribution in [2.24, 2.45) is 0 Å². The Morgan fingerprint density at radius 2 is 1.83 bits per heavy atom. The maximum absolute atomic E-state index is 12.9. The van der Waals surface area contributed by atoms with Crippen LogP contribution in [-0.2, 0) is 0 Å². The van der Waals surface area contributed by atoms with Gasteiger partial charge in [-0.05, 0) is 42.5 Å². The fourth-order valence-corrected chi connectivity index (χ4v) is 2.31. The number of rotatable bonds is 4. The first-order valence-corrected chi connectivity index (χ1v) is 7.09. The molecule has 0 saturated carbocycles. The first kappa shape index (κ1) is 14.9. The fraction of sp³-hybridized carbons (Fsp3) is 0.118. The van der Waals surface area contributed by atoms with Crippen molar-refractivity contribution in [2.45, 2.75) is 12.8 Å². The van der Waals surface area contributed by atoms with Crippen LogP contribution in [0.1, 0.15) is 40.3 Å². The molecule has 23 heavy (non-hydrogen) atoms. The van der Waals surface area contributed by atoms with Gasteiger partial charge in [0.15, 0.2) is 0 Å². The molecule has 3 aromatic rings. The van der Waals surface area contributed by atoms with Gasteiger partial charge in [-0.1, -0.05) is 6.92 Å². The Labute approximate surface area is 131 Å². The largest absolute Gasteiger partial charge is 0.355 e.